The molecule has 0 saturated carbocycles. The lowest BCUT2D eigenvalue weighted by Crippen LogP contribution is -2.22. The summed E-state index contributed by atoms with van der Waals surface area (Å²) in [4.78, 5) is 0. The van der Waals surface area contributed by atoms with Gasteiger partial charge in [0.2, 0.25) is 0 Å². The van der Waals surface area contributed by atoms with Crippen LogP contribution in [0.5, 0.6) is 0 Å². The minimum Gasteiger partial charge on any atom is -0.387 e. The van der Waals surface area contributed by atoms with Crippen LogP contribution < -0.4 is 0 Å². The number of aliphatic hydroxyl groups is 1. The molecule has 0 aliphatic heterocycles. The number of halogens is 2. The molecule has 0 fully saturated rings. The van der Waals surface area contributed by atoms with Crippen molar-refractivity contribution in [3.63, 3.8) is 0 Å². The van der Waals surface area contributed by atoms with Crippen LogP contribution in [-0.4, -0.2) is 19.3 Å². The molecule has 0 aliphatic carbocycles. The van der Waals surface area contributed by atoms with Gasteiger partial charge < -0.3 is 5.11 Å². The molecule has 2 rings (SSSR count). The number of benzene rings is 2. The van der Waals surface area contributed by atoms with Crippen molar-refractivity contribution in [2.24, 2.45) is 0 Å². The summed E-state index contributed by atoms with van der Waals surface area (Å²) in [6.07, 6.45) is -1.45. The Bertz CT molecular complexity index is 740. The van der Waals surface area contributed by atoms with E-state index < -0.39 is 44.1 Å². The fourth-order valence-corrected chi connectivity index (χ4v) is 4.53. The van der Waals surface area contributed by atoms with E-state index in [2.05, 4.69) is 0 Å². The van der Waals surface area contributed by atoms with Gasteiger partial charge in [0.1, 0.15) is 11.6 Å². The largest absolute Gasteiger partial charge is 0.387 e. The van der Waals surface area contributed by atoms with Gasteiger partial charge in [-0.1, -0.05) is 43.3 Å². The third-order valence-electron chi connectivity index (χ3n) is 3.70. The van der Waals surface area contributed by atoms with Crippen molar-refractivity contribution in [3.05, 3.63) is 71.3 Å². The molecule has 0 aromatic heterocycles. The average molecular weight is 340 g/mol. The highest BCUT2D eigenvalue weighted by Crippen LogP contribution is 2.30. The Labute approximate surface area is 134 Å². The summed E-state index contributed by atoms with van der Waals surface area (Å²) in [6, 6.07) is 11.7. The lowest BCUT2D eigenvalue weighted by molar-refractivity contribution is 0.190. The van der Waals surface area contributed by atoms with Crippen molar-refractivity contribution in [3.8, 4) is 0 Å². The summed E-state index contributed by atoms with van der Waals surface area (Å²) in [5.74, 6) is -2.65. The second kappa shape index (κ2) is 7.19. The number of rotatable bonds is 6. The molecule has 2 aromatic rings. The summed E-state index contributed by atoms with van der Waals surface area (Å²) in [7, 11) is -3.79. The summed E-state index contributed by atoms with van der Waals surface area (Å²) in [5.41, 5.74) is -0.0183. The number of hydrogen-bond acceptors (Lipinski definition) is 3. The van der Waals surface area contributed by atoms with Gasteiger partial charge in [-0.05, 0) is 24.1 Å². The Kier molecular flexibility index (Phi) is 5.49. The normalized spacial score (nSPS) is 14.4. The molecule has 0 radical (unpaired) electrons. The molecule has 2 atom stereocenters. The van der Waals surface area contributed by atoms with Crippen molar-refractivity contribution < 1.29 is 22.3 Å². The van der Waals surface area contributed by atoms with Gasteiger partial charge in [0.05, 0.1) is 22.7 Å². The van der Waals surface area contributed by atoms with E-state index in [0.29, 0.717) is 12.0 Å². The van der Waals surface area contributed by atoms with Crippen LogP contribution in [-0.2, 0) is 9.84 Å². The van der Waals surface area contributed by atoms with E-state index in [1.165, 1.54) is 0 Å². The van der Waals surface area contributed by atoms with Gasteiger partial charge in [0.25, 0.3) is 0 Å². The van der Waals surface area contributed by atoms with Gasteiger partial charge in [-0.3, -0.25) is 0 Å². The topological polar surface area (TPSA) is 54.4 Å². The Morgan fingerprint density at radius 1 is 1.00 bits per heavy atom. The quantitative estimate of drug-likeness (QED) is 0.875. The van der Waals surface area contributed by atoms with E-state index in [-0.39, 0.29) is 0 Å². The maximum atomic E-state index is 13.7. The molecule has 2 unspecified atom stereocenters. The molecule has 3 nitrogen and oxygen atoms in total. The van der Waals surface area contributed by atoms with Crippen molar-refractivity contribution in [1.82, 2.24) is 0 Å². The van der Waals surface area contributed by atoms with Crippen LogP contribution in [0.1, 0.15) is 35.8 Å². The van der Waals surface area contributed by atoms with Gasteiger partial charge in [0.15, 0.2) is 9.84 Å². The summed E-state index contributed by atoms with van der Waals surface area (Å²) >= 11 is 0. The SMILES string of the molecule is CCC(c1ccccc1)S(=O)(=O)CC(O)c1c(F)cccc1F. The maximum Gasteiger partial charge on any atom is 0.160 e. The standard InChI is InChI=1S/C17H18F2O3S/c1-2-16(12-7-4-3-5-8-12)23(21,22)11-15(20)17-13(18)9-6-10-14(17)19/h3-10,15-16,20H,2,11H2,1H3. The molecule has 0 saturated heterocycles. The van der Waals surface area contributed by atoms with Crippen molar-refractivity contribution >= 4 is 9.84 Å². The van der Waals surface area contributed by atoms with Crippen molar-refractivity contribution in [1.29, 1.82) is 0 Å². The van der Waals surface area contributed by atoms with E-state index in [1.54, 1.807) is 37.3 Å². The Morgan fingerprint density at radius 2 is 1.57 bits per heavy atom. The molecular formula is C17H18F2O3S. The second-order valence-electron chi connectivity index (χ2n) is 5.29. The lowest BCUT2D eigenvalue weighted by atomic mass is 10.1. The van der Waals surface area contributed by atoms with E-state index >= 15 is 0 Å². The molecule has 0 amide bonds. The van der Waals surface area contributed by atoms with Crippen molar-refractivity contribution in [2.45, 2.75) is 24.7 Å². The van der Waals surface area contributed by atoms with Crippen LogP contribution in [0.25, 0.3) is 0 Å². The molecule has 0 aliphatic rings. The third-order valence-corrected chi connectivity index (χ3v) is 5.95. The molecule has 1 N–H and O–H groups in total. The lowest BCUT2D eigenvalue weighted by Gasteiger charge is -2.19. The van der Waals surface area contributed by atoms with Gasteiger partial charge in [-0.15, -0.1) is 0 Å². The zero-order valence-corrected chi connectivity index (χ0v) is 13.4. The predicted molar refractivity (Wildman–Crippen MR) is 84.6 cm³/mol. The average Bonchev–Trinajstić information content (AvgIpc) is 2.48. The number of hydrogen-bond donors (Lipinski definition) is 1. The van der Waals surface area contributed by atoms with Gasteiger partial charge in [-0.25, -0.2) is 17.2 Å². The van der Waals surface area contributed by atoms with Crippen LogP contribution in [0.3, 0.4) is 0 Å². The molecule has 0 heterocycles. The van der Waals surface area contributed by atoms with E-state index in [1.807, 2.05) is 0 Å². The monoisotopic (exact) mass is 340 g/mol. The fraction of sp³-hybridized carbons (Fsp3) is 0.294. The van der Waals surface area contributed by atoms with Crippen LogP contribution in [0.4, 0.5) is 8.78 Å². The molecule has 0 bridgehead atoms. The fourth-order valence-electron chi connectivity index (χ4n) is 2.61. The van der Waals surface area contributed by atoms with Gasteiger partial charge >= 0.3 is 0 Å². The van der Waals surface area contributed by atoms with Gasteiger partial charge in [-0.2, -0.15) is 0 Å². The van der Waals surface area contributed by atoms with Gasteiger partial charge in [0, 0.05) is 0 Å². The Morgan fingerprint density at radius 3 is 2.09 bits per heavy atom. The van der Waals surface area contributed by atoms with Crippen LogP contribution in [0.15, 0.2) is 48.5 Å². The number of aliphatic hydroxyl groups excluding tert-OH is 1. The minimum absolute atomic E-state index is 0.304. The predicted octanol–water partition coefficient (Wildman–Crippen LogP) is 3.56. The molecule has 0 spiro atoms. The molecule has 124 valence electrons. The summed E-state index contributed by atoms with van der Waals surface area (Å²) in [6.45, 7) is 1.71. The molecule has 6 heteroatoms. The first-order valence-electron chi connectivity index (χ1n) is 7.25. The second-order valence-corrected chi connectivity index (χ2v) is 7.52. The zero-order chi connectivity index (χ0) is 17.0. The third kappa shape index (κ3) is 3.95. The molecule has 2 aromatic carbocycles. The smallest absolute Gasteiger partial charge is 0.160 e. The highest BCUT2D eigenvalue weighted by atomic mass is 32.2. The van der Waals surface area contributed by atoms with Crippen LogP contribution in [0.2, 0.25) is 0 Å². The van der Waals surface area contributed by atoms with Crippen molar-refractivity contribution in [2.75, 3.05) is 5.75 Å². The zero-order valence-electron chi connectivity index (χ0n) is 12.6. The summed E-state index contributed by atoms with van der Waals surface area (Å²) < 4.78 is 52.5. The number of sulfone groups is 1. The van der Waals surface area contributed by atoms with E-state index in [4.69, 9.17) is 0 Å². The summed E-state index contributed by atoms with van der Waals surface area (Å²) in [5, 5.41) is 9.22. The maximum absolute atomic E-state index is 13.7. The highest BCUT2D eigenvalue weighted by Gasteiger charge is 2.30. The first-order valence-corrected chi connectivity index (χ1v) is 8.96. The first kappa shape index (κ1) is 17.6. The van der Waals surface area contributed by atoms with E-state index in [0.717, 1.165) is 18.2 Å². The highest BCUT2D eigenvalue weighted by molar-refractivity contribution is 7.91. The van der Waals surface area contributed by atoms with Crippen LogP contribution in [0, 0.1) is 11.6 Å². The van der Waals surface area contributed by atoms with Crippen LogP contribution >= 0.6 is 0 Å². The Hall–Kier alpha value is -1.79. The minimum atomic E-state index is -3.79. The Balaban J connectivity index is 2.30. The first-order chi connectivity index (χ1) is 10.9. The van der Waals surface area contributed by atoms with E-state index in [9.17, 15) is 22.3 Å². The molecule has 23 heavy (non-hydrogen) atoms. The molecular weight excluding hydrogens is 322 g/mol.